The van der Waals surface area contributed by atoms with E-state index in [1.807, 2.05) is 19.1 Å². The van der Waals surface area contributed by atoms with Gasteiger partial charge in [0.25, 0.3) is 0 Å². The van der Waals surface area contributed by atoms with Crippen molar-refractivity contribution >= 4 is 16.6 Å². The summed E-state index contributed by atoms with van der Waals surface area (Å²) in [6, 6.07) is 9.99. The van der Waals surface area contributed by atoms with E-state index in [0.717, 1.165) is 27.8 Å². The van der Waals surface area contributed by atoms with Crippen LogP contribution in [0.5, 0.6) is 0 Å². The lowest BCUT2D eigenvalue weighted by atomic mass is 10.1. The number of benzene rings is 2. The molecule has 4 nitrogen and oxygen atoms in total. The molecule has 6 heteroatoms. The summed E-state index contributed by atoms with van der Waals surface area (Å²) < 4.78 is 27.6. The molecule has 3 rings (SSSR count). The molecule has 0 aliphatic heterocycles. The van der Waals surface area contributed by atoms with Crippen molar-refractivity contribution in [3.05, 3.63) is 54.0 Å². The molecule has 126 valence electrons. The molecule has 0 saturated heterocycles. The monoisotopic (exact) mass is 331 g/mol. The Labute approximate surface area is 138 Å². The van der Waals surface area contributed by atoms with Crippen LogP contribution in [-0.4, -0.2) is 33.7 Å². The third kappa shape index (κ3) is 3.23. The Bertz CT molecular complexity index is 857. The summed E-state index contributed by atoms with van der Waals surface area (Å²) in [7, 11) is 0. The number of nitrogens with one attached hydrogen (secondary N) is 1. The Hall–Kier alpha value is -2.47. The Kier molecular flexibility index (Phi) is 4.24. The molecular weight excluding hydrogens is 312 g/mol. The van der Waals surface area contributed by atoms with E-state index >= 15 is 0 Å². The van der Waals surface area contributed by atoms with Gasteiger partial charge >= 0.3 is 0 Å². The van der Waals surface area contributed by atoms with Gasteiger partial charge in [0, 0.05) is 17.6 Å². The van der Waals surface area contributed by atoms with Crippen LogP contribution in [0.3, 0.4) is 0 Å². The highest BCUT2D eigenvalue weighted by Gasteiger charge is 2.20. The van der Waals surface area contributed by atoms with Gasteiger partial charge in [0.05, 0.1) is 17.4 Å². The Morgan fingerprint density at radius 1 is 1.25 bits per heavy atom. The summed E-state index contributed by atoms with van der Waals surface area (Å²) in [5.41, 5.74) is 1.94. The number of fused-ring (bicyclic) bond motifs is 1. The maximum atomic E-state index is 13.1. The van der Waals surface area contributed by atoms with Gasteiger partial charge < -0.3 is 10.4 Å². The van der Waals surface area contributed by atoms with Gasteiger partial charge in [-0.15, -0.1) is 0 Å². The minimum atomic E-state index is -1.43. The number of halogens is 2. The molecule has 0 spiro atoms. The number of alkyl halides is 1. The number of aryl methyl sites for hydroxylation is 1. The van der Waals surface area contributed by atoms with E-state index in [1.165, 1.54) is 19.1 Å². The third-order valence-corrected chi connectivity index (χ3v) is 3.85. The fraction of sp³-hybridized carbons (Fsp3) is 0.278. The lowest BCUT2D eigenvalue weighted by Gasteiger charge is -2.21. The first-order chi connectivity index (χ1) is 11.4. The van der Waals surface area contributed by atoms with Crippen LogP contribution in [0.2, 0.25) is 0 Å². The zero-order valence-electron chi connectivity index (χ0n) is 13.6. The fourth-order valence-corrected chi connectivity index (χ4v) is 2.53. The van der Waals surface area contributed by atoms with E-state index in [-0.39, 0.29) is 12.4 Å². The highest BCUT2D eigenvalue weighted by Crippen LogP contribution is 2.28. The minimum Gasteiger partial charge on any atom is -0.386 e. The first-order valence-electron chi connectivity index (χ1n) is 7.66. The van der Waals surface area contributed by atoms with Crippen molar-refractivity contribution < 1.29 is 13.9 Å². The number of hydrogen-bond acceptors (Lipinski definition) is 3. The molecule has 24 heavy (non-hydrogen) atoms. The summed E-state index contributed by atoms with van der Waals surface area (Å²) >= 11 is 0. The topological polar surface area (TPSA) is 50.1 Å². The van der Waals surface area contributed by atoms with Crippen molar-refractivity contribution in [3.63, 3.8) is 0 Å². The average molecular weight is 331 g/mol. The van der Waals surface area contributed by atoms with Gasteiger partial charge in [0.15, 0.2) is 0 Å². The molecule has 2 N–H and O–H groups in total. The van der Waals surface area contributed by atoms with Crippen molar-refractivity contribution in [2.24, 2.45) is 0 Å². The van der Waals surface area contributed by atoms with Crippen LogP contribution in [0.15, 0.2) is 42.6 Å². The smallest absolute Gasteiger partial charge is 0.123 e. The number of nitrogens with zero attached hydrogens (tertiary/aromatic N) is 2. The number of anilines is 1. The van der Waals surface area contributed by atoms with E-state index < -0.39 is 12.3 Å². The molecule has 0 aliphatic carbocycles. The molecule has 1 unspecified atom stereocenters. The van der Waals surface area contributed by atoms with Crippen molar-refractivity contribution in [1.29, 1.82) is 0 Å². The van der Waals surface area contributed by atoms with Crippen LogP contribution in [0.1, 0.15) is 12.5 Å². The zero-order chi connectivity index (χ0) is 17.3. The van der Waals surface area contributed by atoms with Crippen LogP contribution < -0.4 is 5.32 Å². The van der Waals surface area contributed by atoms with Crippen LogP contribution >= 0.6 is 0 Å². The van der Waals surface area contributed by atoms with E-state index in [4.69, 9.17) is 0 Å². The second kappa shape index (κ2) is 6.20. The molecule has 0 saturated carbocycles. The Balaban J connectivity index is 2.02. The summed E-state index contributed by atoms with van der Waals surface area (Å²) in [4.78, 5) is 0. The number of rotatable bonds is 5. The molecule has 0 aliphatic rings. The van der Waals surface area contributed by atoms with Crippen LogP contribution in [0.25, 0.3) is 16.6 Å². The molecule has 1 atom stereocenters. The van der Waals surface area contributed by atoms with E-state index in [0.29, 0.717) is 0 Å². The molecule has 0 bridgehead atoms. The van der Waals surface area contributed by atoms with Gasteiger partial charge in [-0.2, -0.15) is 5.10 Å². The molecule has 0 radical (unpaired) electrons. The Morgan fingerprint density at radius 3 is 2.62 bits per heavy atom. The zero-order valence-corrected chi connectivity index (χ0v) is 13.6. The van der Waals surface area contributed by atoms with Gasteiger partial charge in [0.1, 0.15) is 18.1 Å². The summed E-state index contributed by atoms with van der Waals surface area (Å²) in [6.45, 7) is 2.64. The molecule has 0 fully saturated rings. The van der Waals surface area contributed by atoms with E-state index in [2.05, 4.69) is 10.4 Å². The van der Waals surface area contributed by atoms with Crippen LogP contribution in [0, 0.1) is 12.7 Å². The SMILES string of the molecule is Cc1cc(NCC(C)(O)CF)c2cnn(-c3ccc(F)cc3)c2c1. The van der Waals surface area contributed by atoms with Crippen molar-refractivity contribution in [1.82, 2.24) is 9.78 Å². The lowest BCUT2D eigenvalue weighted by Crippen LogP contribution is -2.35. The number of aliphatic hydroxyl groups is 1. The maximum absolute atomic E-state index is 13.1. The Morgan fingerprint density at radius 2 is 1.96 bits per heavy atom. The van der Waals surface area contributed by atoms with Gasteiger partial charge in [-0.25, -0.2) is 13.5 Å². The molecule has 1 heterocycles. The van der Waals surface area contributed by atoms with Gasteiger partial charge in [-0.05, 0) is 55.8 Å². The number of aromatic nitrogens is 2. The molecule has 1 aromatic heterocycles. The van der Waals surface area contributed by atoms with Crippen molar-refractivity contribution in [2.45, 2.75) is 19.4 Å². The maximum Gasteiger partial charge on any atom is 0.123 e. The highest BCUT2D eigenvalue weighted by molar-refractivity contribution is 5.93. The first-order valence-corrected chi connectivity index (χ1v) is 7.66. The second-order valence-corrected chi connectivity index (χ2v) is 6.26. The first kappa shape index (κ1) is 16.4. The van der Waals surface area contributed by atoms with Crippen LogP contribution in [-0.2, 0) is 0 Å². The molecule has 3 aromatic rings. The van der Waals surface area contributed by atoms with Gasteiger partial charge in [0.2, 0.25) is 0 Å². The largest absolute Gasteiger partial charge is 0.386 e. The summed E-state index contributed by atoms with van der Waals surface area (Å²) in [5, 5.41) is 18.2. The predicted octanol–water partition coefficient (Wildman–Crippen LogP) is 3.61. The van der Waals surface area contributed by atoms with E-state index in [9.17, 15) is 13.9 Å². The normalized spacial score (nSPS) is 13.9. The van der Waals surface area contributed by atoms with Gasteiger partial charge in [-0.3, -0.25) is 0 Å². The minimum absolute atomic E-state index is 0.0871. The van der Waals surface area contributed by atoms with Crippen LogP contribution in [0.4, 0.5) is 14.5 Å². The molecular formula is C18H19F2N3O. The number of hydrogen-bond donors (Lipinski definition) is 2. The third-order valence-electron chi connectivity index (χ3n) is 3.85. The van der Waals surface area contributed by atoms with Crippen molar-refractivity contribution in [2.75, 3.05) is 18.5 Å². The van der Waals surface area contributed by atoms with E-state index in [1.54, 1.807) is 23.0 Å². The van der Waals surface area contributed by atoms with Crippen molar-refractivity contribution in [3.8, 4) is 5.69 Å². The summed E-state index contributed by atoms with van der Waals surface area (Å²) in [5.74, 6) is -0.304. The standard InChI is InChI=1S/C18H19F2N3O/c1-12-7-16(21-11-18(2,24)10-19)15-9-22-23(17(15)8-12)14-5-3-13(20)4-6-14/h3-9,21,24H,10-11H2,1-2H3. The molecule has 2 aromatic carbocycles. The lowest BCUT2D eigenvalue weighted by molar-refractivity contribution is 0.0462. The average Bonchev–Trinajstić information content (AvgIpc) is 2.97. The summed E-state index contributed by atoms with van der Waals surface area (Å²) in [6.07, 6.45) is 1.70. The quantitative estimate of drug-likeness (QED) is 0.751. The second-order valence-electron chi connectivity index (χ2n) is 6.26. The fourth-order valence-electron chi connectivity index (χ4n) is 2.53. The highest BCUT2D eigenvalue weighted by atomic mass is 19.1. The predicted molar refractivity (Wildman–Crippen MR) is 90.9 cm³/mol. The molecule has 0 amide bonds. The van der Waals surface area contributed by atoms with Gasteiger partial charge in [-0.1, -0.05) is 0 Å².